The maximum atomic E-state index is 6.93. The van der Waals surface area contributed by atoms with E-state index in [2.05, 4.69) is 146 Å². The van der Waals surface area contributed by atoms with Crippen LogP contribution < -0.4 is 4.57 Å². The van der Waals surface area contributed by atoms with Gasteiger partial charge < -0.3 is 4.42 Å². The summed E-state index contributed by atoms with van der Waals surface area (Å²) in [5.41, 5.74) is 12.6. The molecule has 3 heteroatoms. The van der Waals surface area contributed by atoms with Crippen LogP contribution in [0.1, 0.15) is 5.56 Å². The molecule has 8 aromatic rings. The van der Waals surface area contributed by atoms with Gasteiger partial charge in [-0.3, -0.25) is 0 Å². The Morgan fingerprint density at radius 3 is 1.93 bits per heavy atom. The molecule has 0 aliphatic rings. The third-order valence-electron chi connectivity index (χ3n) is 8.49. The van der Waals surface area contributed by atoms with Gasteiger partial charge >= 0.3 is 0 Å². The predicted octanol–water partition coefficient (Wildman–Crippen LogP) is 9.94. The molecule has 0 amide bonds. The van der Waals surface area contributed by atoms with Crippen molar-refractivity contribution in [3.05, 3.63) is 145 Å². The number of para-hydroxylation sites is 2. The lowest BCUT2D eigenvalue weighted by molar-refractivity contribution is -0.633. The van der Waals surface area contributed by atoms with E-state index in [9.17, 15) is 0 Å². The first-order chi connectivity index (χ1) is 21.2. The minimum atomic E-state index is 0.886. The number of aryl methyl sites for hydroxylation is 2. The molecule has 0 bridgehead atoms. The zero-order chi connectivity index (χ0) is 28.9. The third kappa shape index (κ3) is 4.21. The molecular formula is C40H29N2O+. The summed E-state index contributed by atoms with van der Waals surface area (Å²) in [5, 5.41) is 3.44. The molecule has 0 fully saturated rings. The van der Waals surface area contributed by atoms with Gasteiger partial charge in [-0.15, -0.1) is 0 Å². The summed E-state index contributed by atoms with van der Waals surface area (Å²) in [7, 11) is 2.14. The highest BCUT2D eigenvalue weighted by Crippen LogP contribution is 2.41. The van der Waals surface area contributed by atoms with Crippen molar-refractivity contribution in [2.75, 3.05) is 0 Å². The number of rotatable bonds is 4. The minimum Gasteiger partial charge on any atom is -0.454 e. The highest BCUT2D eigenvalue weighted by atomic mass is 16.3. The Labute approximate surface area is 250 Å². The molecule has 43 heavy (non-hydrogen) atoms. The van der Waals surface area contributed by atoms with Crippen molar-refractivity contribution in [2.24, 2.45) is 7.05 Å². The van der Waals surface area contributed by atoms with E-state index in [1.165, 1.54) is 16.5 Å². The van der Waals surface area contributed by atoms with E-state index in [-0.39, 0.29) is 0 Å². The molecule has 0 radical (unpaired) electrons. The van der Waals surface area contributed by atoms with E-state index in [1.807, 2.05) is 12.1 Å². The van der Waals surface area contributed by atoms with Crippen LogP contribution in [0.4, 0.5) is 0 Å². The zero-order valence-electron chi connectivity index (χ0n) is 24.1. The molecule has 0 spiro atoms. The molecule has 5 aromatic carbocycles. The molecule has 0 N–H and O–H groups in total. The van der Waals surface area contributed by atoms with Crippen LogP contribution in [-0.4, -0.2) is 4.98 Å². The third-order valence-corrected chi connectivity index (χ3v) is 8.49. The van der Waals surface area contributed by atoms with Crippen molar-refractivity contribution >= 4 is 32.8 Å². The van der Waals surface area contributed by atoms with Crippen LogP contribution in [0, 0.1) is 6.92 Å². The highest BCUT2D eigenvalue weighted by Gasteiger charge is 2.23. The van der Waals surface area contributed by atoms with E-state index in [0.29, 0.717) is 0 Å². The highest BCUT2D eigenvalue weighted by molar-refractivity contribution is 6.13. The molecule has 3 heterocycles. The zero-order valence-corrected chi connectivity index (χ0v) is 24.1. The lowest BCUT2D eigenvalue weighted by Gasteiger charge is -2.10. The lowest BCUT2D eigenvalue weighted by Crippen LogP contribution is -2.32. The van der Waals surface area contributed by atoms with Crippen molar-refractivity contribution in [2.45, 2.75) is 6.92 Å². The standard InChI is InChI=1S/C40H29N2O/c1-26-20-22-33-32-18-11-17-31(39(32)43-40(33)38(26)37-23-21-29-16-9-10-19-36(29)42(37)2)30-24-34(27-12-5-3-6-13-27)41-35(25-30)28-14-7-4-8-15-28/h3-25H,1-2H3/q+1. The molecule has 0 unspecified atom stereocenters. The van der Waals surface area contributed by atoms with Gasteiger partial charge in [-0.1, -0.05) is 103 Å². The first-order valence-corrected chi connectivity index (χ1v) is 14.6. The van der Waals surface area contributed by atoms with Crippen LogP contribution in [0.15, 0.2) is 144 Å². The van der Waals surface area contributed by atoms with E-state index in [4.69, 9.17) is 9.40 Å². The maximum absolute atomic E-state index is 6.93. The second kappa shape index (κ2) is 10.1. The number of hydrogen-bond acceptors (Lipinski definition) is 2. The molecule has 204 valence electrons. The Hall–Kier alpha value is -5.54. The molecule has 0 saturated carbocycles. The van der Waals surface area contributed by atoms with Gasteiger partial charge in [0, 0.05) is 45.0 Å². The number of aromatic nitrogens is 2. The molecule has 0 aliphatic carbocycles. The van der Waals surface area contributed by atoms with E-state index in [1.54, 1.807) is 0 Å². The summed E-state index contributed by atoms with van der Waals surface area (Å²) in [6.45, 7) is 2.17. The summed E-state index contributed by atoms with van der Waals surface area (Å²) >= 11 is 0. The van der Waals surface area contributed by atoms with Gasteiger partial charge in [0.15, 0.2) is 0 Å². The van der Waals surface area contributed by atoms with Crippen LogP contribution in [-0.2, 0) is 7.05 Å². The minimum absolute atomic E-state index is 0.886. The predicted molar refractivity (Wildman–Crippen MR) is 177 cm³/mol. The molecule has 8 rings (SSSR count). The van der Waals surface area contributed by atoms with E-state index in [0.717, 1.165) is 66.8 Å². The van der Waals surface area contributed by atoms with Gasteiger partial charge in [-0.2, -0.15) is 4.57 Å². The second-order valence-corrected chi connectivity index (χ2v) is 11.1. The quantitative estimate of drug-likeness (QED) is 0.203. The molecule has 0 atom stereocenters. The summed E-state index contributed by atoms with van der Waals surface area (Å²) in [4.78, 5) is 5.09. The van der Waals surface area contributed by atoms with Crippen LogP contribution >= 0.6 is 0 Å². The lowest BCUT2D eigenvalue weighted by atomic mass is 9.97. The van der Waals surface area contributed by atoms with Gasteiger partial charge in [0.05, 0.1) is 17.0 Å². The Balaban J connectivity index is 1.39. The fourth-order valence-electron chi connectivity index (χ4n) is 6.30. The van der Waals surface area contributed by atoms with Crippen LogP contribution in [0.25, 0.3) is 77.7 Å². The van der Waals surface area contributed by atoms with Crippen molar-refractivity contribution in [3.8, 4) is 44.9 Å². The Kier molecular flexibility index (Phi) is 5.90. The smallest absolute Gasteiger partial charge is 0.216 e. The van der Waals surface area contributed by atoms with Crippen molar-refractivity contribution in [3.63, 3.8) is 0 Å². The maximum Gasteiger partial charge on any atom is 0.216 e. The van der Waals surface area contributed by atoms with Crippen molar-refractivity contribution in [1.29, 1.82) is 0 Å². The number of hydrogen-bond donors (Lipinski definition) is 0. The molecule has 0 aliphatic heterocycles. The van der Waals surface area contributed by atoms with Gasteiger partial charge in [-0.25, -0.2) is 4.98 Å². The fourth-order valence-corrected chi connectivity index (χ4v) is 6.30. The topological polar surface area (TPSA) is 29.9 Å². The van der Waals surface area contributed by atoms with Crippen LogP contribution in [0.2, 0.25) is 0 Å². The number of fused-ring (bicyclic) bond motifs is 4. The Morgan fingerprint density at radius 2 is 1.21 bits per heavy atom. The number of furan rings is 1. The number of benzene rings is 5. The van der Waals surface area contributed by atoms with Gasteiger partial charge in [0.2, 0.25) is 11.2 Å². The molecular weight excluding hydrogens is 524 g/mol. The SMILES string of the molecule is Cc1ccc2c(oc3c(-c4cc(-c5ccccc5)nc(-c5ccccc5)c4)cccc32)c1-c1ccc2ccccc2[n+]1C. The van der Waals surface area contributed by atoms with Crippen LogP contribution in [0.3, 0.4) is 0 Å². The summed E-state index contributed by atoms with van der Waals surface area (Å²) in [5.74, 6) is 0. The van der Waals surface area contributed by atoms with Gasteiger partial charge in [0.1, 0.15) is 18.2 Å². The van der Waals surface area contributed by atoms with Crippen LogP contribution in [0.5, 0.6) is 0 Å². The number of nitrogens with zero attached hydrogens (tertiary/aromatic N) is 2. The average Bonchev–Trinajstić information content (AvgIpc) is 3.45. The largest absolute Gasteiger partial charge is 0.454 e. The first-order valence-electron chi connectivity index (χ1n) is 14.6. The van der Waals surface area contributed by atoms with E-state index < -0.39 is 0 Å². The molecule has 3 aromatic heterocycles. The Bertz CT molecular complexity index is 2240. The average molecular weight is 554 g/mol. The molecule has 0 saturated heterocycles. The van der Waals surface area contributed by atoms with Gasteiger partial charge in [-0.05, 0) is 42.3 Å². The summed E-state index contributed by atoms with van der Waals surface area (Å²) in [6.07, 6.45) is 0. The second-order valence-electron chi connectivity index (χ2n) is 11.1. The fraction of sp³-hybridized carbons (Fsp3) is 0.0500. The first kappa shape index (κ1) is 25.2. The Morgan fingerprint density at radius 1 is 0.558 bits per heavy atom. The normalized spacial score (nSPS) is 11.5. The monoisotopic (exact) mass is 553 g/mol. The van der Waals surface area contributed by atoms with Crippen molar-refractivity contribution in [1.82, 2.24) is 4.98 Å². The summed E-state index contributed by atoms with van der Waals surface area (Å²) in [6, 6.07) is 48.9. The van der Waals surface area contributed by atoms with Gasteiger partial charge in [0.25, 0.3) is 0 Å². The van der Waals surface area contributed by atoms with Crippen molar-refractivity contribution < 1.29 is 8.98 Å². The van der Waals surface area contributed by atoms with E-state index >= 15 is 0 Å². The summed E-state index contributed by atoms with van der Waals surface area (Å²) < 4.78 is 9.20. The molecule has 3 nitrogen and oxygen atoms in total. The number of pyridine rings is 2.